The molecule has 1 aliphatic heterocycles. The largest absolute Gasteiger partial charge is 0.243 e. The molecule has 3 aromatic rings. The zero-order valence-corrected chi connectivity index (χ0v) is 17.6. The minimum Gasteiger partial charge on any atom is -0.207 e. The number of fused-ring (bicyclic) bond motifs is 1. The highest BCUT2D eigenvalue weighted by atomic mass is 32.2. The molecule has 3 aromatic carbocycles. The molecule has 0 amide bonds. The Hall–Kier alpha value is -2.43. The van der Waals surface area contributed by atoms with Gasteiger partial charge in [-0.1, -0.05) is 48.0 Å². The second-order valence-corrected chi connectivity index (χ2v) is 9.60. The van der Waals surface area contributed by atoms with Gasteiger partial charge in [-0.25, -0.2) is 8.42 Å². The smallest absolute Gasteiger partial charge is 0.207 e. The van der Waals surface area contributed by atoms with Crippen LogP contribution in [0.4, 0.5) is 0 Å². The predicted octanol–water partition coefficient (Wildman–Crippen LogP) is 5.29. The van der Waals surface area contributed by atoms with Gasteiger partial charge in [0.05, 0.1) is 4.90 Å². The van der Waals surface area contributed by atoms with E-state index in [4.69, 9.17) is 0 Å². The maximum Gasteiger partial charge on any atom is 0.243 e. The Kier molecular flexibility index (Phi) is 4.64. The minimum atomic E-state index is -3.51. The van der Waals surface area contributed by atoms with Crippen molar-refractivity contribution in [3.63, 3.8) is 0 Å². The molecule has 144 valence electrons. The van der Waals surface area contributed by atoms with Crippen molar-refractivity contribution in [2.75, 3.05) is 0 Å². The molecule has 0 radical (unpaired) electrons. The van der Waals surface area contributed by atoms with Crippen LogP contribution < -0.4 is 0 Å². The molecule has 4 heteroatoms. The molecule has 0 bridgehead atoms. The van der Waals surface area contributed by atoms with Gasteiger partial charge in [0.2, 0.25) is 10.0 Å². The molecule has 0 aromatic heterocycles. The molecule has 28 heavy (non-hydrogen) atoms. The number of aryl methyl sites for hydroxylation is 1. The van der Waals surface area contributed by atoms with Crippen molar-refractivity contribution in [3.05, 3.63) is 88.0 Å². The van der Waals surface area contributed by atoms with Gasteiger partial charge in [-0.2, -0.15) is 4.31 Å². The highest BCUT2D eigenvalue weighted by Gasteiger charge is 2.33. The number of benzene rings is 3. The molecule has 1 aliphatic rings. The van der Waals surface area contributed by atoms with E-state index < -0.39 is 10.0 Å². The lowest BCUT2D eigenvalue weighted by molar-refractivity contribution is 0.431. The molecule has 0 saturated heterocycles. The summed E-state index contributed by atoms with van der Waals surface area (Å²) in [5, 5.41) is 0. The lowest BCUT2D eigenvalue weighted by Crippen LogP contribution is -2.25. The summed E-state index contributed by atoms with van der Waals surface area (Å²) in [5.41, 5.74) is 9.39. The summed E-state index contributed by atoms with van der Waals surface area (Å²) in [4.78, 5) is 0.362. The second kappa shape index (κ2) is 6.87. The lowest BCUT2D eigenvalue weighted by atomic mass is 9.86. The SMILES string of the molecule is Cc1ccc(S(=O)(=O)N2Cc3c(C)c(C)c(-c4ccccc4)c(C)c3C2)cc1. The standard InChI is InChI=1S/C24H25NO2S/c1-16-10-12-21(13-11-16)28(26,27)25-14-22-17(2)18(3)24(19(4)23(22)15-25)20-8-6-5-7-9-20/h5-13H,14-15H2,1-4H3. The average Bonchev–Trinajstić information content (AvgIpc) is 3.14. The van der Waals surface area contributed by atoms with Crippen LogP contribution in [0.1, 0.15) is 33.4 Å². The van der Waals surface area contributed by atoms with E-state index in [1.165, 1.54) is 27.8 Å². The van der Waals surface area contributed by atoms with Crippen LogP contribution in [-0.2, 0) is 23.1 Å². The summed E-state index contributed by atoms with van der Waals surface area (Å²) in [6.45, 7) is 9.20. The van der Waals surface area contributed by atoms with E-state index in [9.17, 15) is 8.42 Å². The summed E-state index contributed by atoms with van der Waals surface area (Å²) in [6, 6.07) is 17.5. The number of hydrogen-bond acceptors (Lipinski definition) is 2. The van der Waals surface area contributed by atoms with Crippen molar-refractivity contribution < 1.29 is 8.42 Å². The molecular weight excluding hydrogens is 366 g/mol. The third kappa shape index (κ3) is 2.97. The third-order valence-electron chi connectivity index (χ3n) is 5.97. The predicted molar refractivity (Wildman–Crippen MR) is 114 cm³/mol. The lowest BCUT2D eigenvalue weighted by Gasteiger charge is -2.18. The van der Waals surface area contributed by atoms with Crippen molar-refractivity contribution in [1.29, 1.82) is 0 Å². The number of hydrogen-bond donors (Lipinski definition) is 0. The summed E-state index contributed by atoms with van der Waals surface area (Å²) < 4.78 is 28.0. The topological polar surface area (TPSA) is 37.4 Å². The average molecular weight is 392 g/mol. The first kappa shape index (κ1) is 18.9. The van der Waals surface area contributed by atoms with Gasteiger partial charge in [0, 0.05) is 13.1 Å². The number of sulfonamides is 1. The van der Waals surface area contributed by atoms with E-state index in [0.29, 0.717) is 18.0 Å². The van der Waals surface area contributed by atoms with Crippen molar-refractivity contribution in [1.82, 2.24) is 4.31 Å². The normalized spacial score (nSPS) is 14.3. The van der Waals surface area contributed by atoms with Gasteiger partial charge >= 0.3 is 0 Å². The maximum atomic E-state index is 13.2. The first-order chi connectivity index (χ1) is 13.3. The quantitative estimate of drug-likeness (QED) is 0.608. The summed E-state index contributed by atoms with van der Waals surface area (Å²) >= 11 is 0. The summed E-state index contributed by atoms with van der Waals surface area (Å²) in [5.74, 6) is 0. The van der Waals surface area contributed by atoms with Gasteiger partial charge in [0.15, 0.2) is 0 Å². The molecule has 0 spiro atoms. The first-order valence-electron chi connectivity index (χ1n) is 9.54. The van der Waals surface area contributed by atoms with Crippen LogP contribution in [0.5, 0.6) is 0 Å². The van der Waals surface area contributed by atoms with Crippen molar-refractivity contribution in [2.24, 2.45) is 0 Å². The molecule has 1 heterocycles. The summed E-state index contributed by atoms with van der Waals surface area (Å²) in [7, 11) is -3.51. The fraction of sp³-hybridized carbons (Fsp3) is 0.250. The fourth-order valence-corrected chi connectivity index (χ4v) is 5.58. The van der Waals surface area contributed by atoms with Gasteiger partial charge in [-0.05, 0) is 78.8 Å². The highest BCUT2D eigenvalue weighted by Crippen LogP contribution is 2.40. The van der Waals surface area contributed by atoms with Crippen LogP contribution in [0.2, 0.25) is 0 Å². The Labute approximate surface area is 167 Å². The number of nitrogens with zero attached hydrogens (tertiary/aromatic N) is 1. The minimum absolute atomic E-state index is 0.362. The van der Waals surface area contributed by atoms with E-state index in [2.05, 4.69) is 32.9 Å². The van der Waals surface area contributed by atoms with E-state index in [-0.39, 0.29) is 0 Å². The van der Waals surface area contributed by atoms with Crippen molar-refractivity contribution in [3.8, 4) is 11.1 Å². The van der Waals surface area contributed by atoms with Crippen LogP contribution in [0.3, 0.4) is 0 Å². The Morgan fingerprint density at radius 1 is 0.714 bits per heavy atom. The van der Waals surface area contributed by atoms with E-state index in [1.54, 1.807) is 16.4 Å². The second-order valence-electron chi connectivity index (χ2n) is 7.66. The molecular formula is C24H25NO2S. The molecule has 0 unspecified atom stereocenters. The Bertz CT molecular complexity index is 1150. The first-order valence-corrected chi connectivity index (χ1v) is 11.0. The summed E-state index contributed by atoms with van der Waals surface area (Å²) in [6.07, 6.45) is 0. The van der Waals surface area contributed by atoms with Crippen LogP contribution in [0, 0.1) is 27.7 Å². The zero-order valence-electron chi connectivity index (χ0n) is 16.8. The van der Waals surface area contributed by atoms with E-state index >= 15 is 0 Å². The Morgan fingerprint density at radius 3 is 1.89 bits per heavy atom. The van der Waals surface area contributed by atoms with Gasteiger partial charge in [-0.15, -0.1) is 0 Å². The van der Waals surface area contributed by atoms with Gasteiger partial charge < -0.3 is 0 Å². The fourth-order valence-electron chi connectivity index (χ4n) is 4.20. The molecule has 0 aliphatic carbocycles. The molecule has 0 fully saturated rings. The molecule has 0 atom stereocenters. The molecule has 3 nitrogen and oxygen atoms in total. The van der Waals surface area contributed by atoms with Crippen molar-refractivity contribution >= 4 is 10.0 Å². The van der Waals surface area contributed by atoms with E-state index in [0.717, 1.165) is 16.7 Å². The molecule has 0 N–H and O–H groups in total. The van der Waals surface area contributed by atoms with Gasteiger partial charge in [0.25, 0.3) is 0 Å². The Balaban J connectivity index is 1.79. The zero-order chi connectivity index (χ0) is 20.1. The third-order valence-corrected chi connectivity index (χ3v) is 7.78. The highest BCUT2D eigenvalue weighted by molar-refractivity contribution is 7.89. The van der Waals surface area contributed by atoms with Crippen LogP contribution in [0.25, 0.3) is 11.1 Å². The monoisotopic (exact) mass is 391 g/mol. The van der Waals surface area contributed by atoms with Gasteiger partial charge in [-0.3, -0.25) is 0 Å². The number of rotatable bonds is 3. The van der Waals surface area contributed by atoms with Gasteiger partial charge in [0.1, 0.15) is 0 Å². The van der Waals surface area contributed by atoms with Crippen LogP contribution in [0.15, 0.2) is 59.5 Å². The maximum absolute atomic E-state index is 13.2. The van der Waals surface area contributed by atoms with Crippen molar-refractivity contribution in [2.45, 2.75) is 45.7 Å². The van der Waals surface area contributed by atoms with E-state index in [1.807, 2.05) is 37.3 Å². The van der Waals surface area contributed by atoms with Crippen LogP contribution >= 0.6 is 0 Å². The van der Waals surface area contributed by atoms with Crippen LogP contribution in [-0.4, -0.2) is 12.7 Å². The Morgan fingerprint density at radius 2 is 1.29 bits per heavy atom. The molecule has 0 saturated carbocycles. The molecule has 4 rings (SSSR count).